The van der Waals surface area contributed by atoms with E-state index < -0.39 is 11.2 Å². The summed E-state index contributed by atoms with van der Waals surface area (Å²) in [5.74, 6) is -0.351. The van der Waals surface area contributed by atoms with Crippen LogP contribution >= 0.6 is 23.1 Å². The summed E-state index contributed by atoms with van der Waals surface area (Å²) in [6, 6.07) is 11.8. The Morgan fingerprint density at radius 1 is 1.11 bits per heavy atom. The number of benzene rings is 1. The van der Waals surface area contributed by atoms with Crippen LogP contribution in [0.1, 0.15) is 22.1 Å². The molecule has 1 atom stereocenters. The van der Waals surface area contributed by atoms with Crippen LogP contribution in [0.2, 0.25) is 0 Å². The van der Waals surface area contributed by atoms with Gasteiger partial charge in [-0.3, -0.25) is 18.9 Å². The molecule has 0 fully saturated rings. The smallest absolute Gasteiger partial charge is 0.333 e. The second-order valence-electron chi connectivity index (χ2n) is 6.26. The van der Waals surface area contributed by atoms with Crippen LogP contribution < -0.4 is 11.2 Å². The molecule has 0 aliphatic carbocycles. The van der Waals surface area contributed by atoms with E-state index in [1.165, 1.54) is 19.0 Å². The van der Waals surface area contributed by atoms with Crippen molar-refractivity contribution in [3.05, 3.63) is 73.1 Å². The van der Waals surface area contributed by atoms with E-state index in [9.17, 15) is 14.7 Å². The van der Waals surface area contributed by atoms with Gasteiger partial charge in [0.15, 0.2) is 0 Å². The lowest BCUT2D eigenvalue weighted by Crippen LogP contribution is -2.40. The lowest BCUT2D eigenvalue weighted by atomic mass is 10.1. The molecule has 6 nitrogen and oxygen atoms in total. The molecule has 0 spiro atoms. The lowest BCUT2D eigenvalue weighted by molar-refractivity contribution is 0.410. The van der Waals surface area contributed by atoms with Gasteiger partial charge >= 0.3 is 5.69 Å². The zero-order chi connectivity index (χ0) is 19.1. The number of thioether (sulfide) groups is 1. The molecular weight excluding hydrogens is 382 g/mol. The Hall–Kier alpha value is -2.58. The fraction of sp³-hybridized carbons (Fsp3) is 0.211. The van der Waals surface area contributed by atoms with Gasteiger partial charge in [-0.25, -0.2) is 4.79 Å². The Morgan fingerprint density at radius 2 is 1.89 bits per heavy atom. The van der Waals surface area contributed by atoms with Crippen LogP contribution in [0.4, 0.5) is 5.69 Å². The number of thiophene rings is 1. The summed E-state index contributed by atoms with van der Waals surface area (Å²) in [5, 5.41) is 12.6. The summed E-state index contributed by atoms with van der Waals surface area (Å²) in [5.41, 5.74) is 0.216. The van der Waals surface area contributed by atoms with Crippen LogP contribution in [0.15, 0.2) is 61.3 Å². The van der Waals surface area contributed by atoms with Crippen molar-refractivity contribution in [1.29, 1.82) is 0 Å². The van der Waals surface area contributed by atoms with Crippen molar-refractivity contribution >= 4 is 34.5 Å². The molecule has 4 rings (SSSR count). The molecule has 0 radical (unpaired) electrons. The van der Waals surface area contributed by atoms with Crippen molar-refractivity contribution in [1.82, 2.24) is 9.13 Å². The number of para-hydroxylation sites is 1. The van der Waals surface area contributed by atoms with Crippen molar-refractivity contribution in [3.63, 3.8) is 0 Å². The fourth-order valence-electron chi connectivity index (χ4n) is 3.09. The summed E-state index contributed by atoms with van der Waals surface area (Å²) in [6.45, 7) is 0. The van der Waals surface area contributed by atoms with Gasteiger partial charge in [0.25, 0.3) is 5.56 Å². The van der Waals surface area contributed by atoms with Crippen molar-refractivity contribution < 1.29 is 5.11 Å². The van der Waals surface area contributed by atoms with Crippen molar-refractivity contribution in [2.45, 2.75) is 16.6 Å². The Kier molecular flexibility index (Phi) is 4.53. The van der Waals surface area contributed by atoms with E-state index in [0.29, 0.717) is 12.1 Å². The van der Waals surface area contributed by atoms with Crippen molar-refractivity contribution in [3.8, 4) is 5.88 Å². The lowest BCUT2D eigenvalue weighted by Gasteiger charge is -2.15. The monoisotopic (exact) mass is 399 g/mol. The van der Waals surface area contributed by atoms with E-state index in [2.05, 4.69) is 6.07 Å². The van der Waals surface area contributed by atoms with E-state index in [1.54, 1.807) is 23.1 Å². The van der Waals surface area contributed by atoms with Crippen LogP contribution in [-0.2, 0) is 14.1 Å². The molecule has 3 heterocycles. The molecule has 0 unspecified atom stereocenters. The Labute approximate surface area is 163 Å². The van der Waals surface area contributed by atoms with Gasteiger partial charge in [-0.1, -0.05) is 18.2 Å². The topological polar surface area (TPSA) is 76.6 Å². The molecular formula is C19H17N3O3S2. The zero-order valence-electron chi connectivity index (χ0n) is 14.7. The zero-order valence-corrected chi connectivity index (χ0v) is 16.4. The first kappa shape index (κ1) is 17.8. The van der Waals surface area contributed by atoms with Crippen LogP contribution in [0.25, 0.3) is 0 Å². The van der Waals surface area contributed by atoms with E-state index in [-0.39, 0.29) is 16.7 Å². The highest BCUT2D eigenvalue weighted by atomic mass is 32.2. The number of hydrogen-bond acceptors (Lipinski definition) is 6. The summed E-state index contributed by atoms with van der Waals surface area (Å²) in [7, 11) is 2.85. The standard InChI is InChI=1S/C19H17N3O3S2/c1-21-17(23)16(18(24)22(2)19(21)25)12-10-15(14-8-5-9-26-14)27-13-7-4-3-6-11(13)20-12/h3-9,15,23H,10H2,1-2H3/t15-/m1/s1. The number of fused-ring (bicyclic) bond motifs is 1. The molecule has 138 valence electrons. The predicted molar refractivity (Wildman–Crippen MR) is 109 cm³/mol. The van der Waals surface area contributed by atoms with E-state index in [0.717, 1.165) is 19.7 Å². The number of rotatable bonds is 2. The number of hydrogen-bond donors (Lipinski definition) is 1. The van der Waals surface area contributed by atoms with Gasteiger partial charge in [0.05, 0.1) is 11.4 Å². The summed E-state index contributed by atoms with van der Waals surface area (Å²) in [6.07, 6.45) is 0.473. The van der Waals surface area contributed by atoms with Crippen LogP contribution in [0, 0.1) is 0 Å². The Balaban J connectivity index is 1.96. The van der Waals surface area contributed by atoms with E-state index in [4.69, 9.17) is 4.99 Å². The van der Waals surface area contributed by atoms with E-state index >= 15 is 0 Å². The molecule has 0 saturated heterocycles. The van der Waals surface area contributed by atoms with Gasteiger partial charge in [-0.05, 0) is 23.6 Å². The predicted octanol–water partition coefficient (Wildman–Crippen LogP) is 3.21. The molecule has 0 amide bonds. The molecule has 3 aromatic rings. The average Bonchev–Trinajstić information content (AvgIpc) is 3.13. The minimum atomic E-state index is -0.569. The SMILES string of the molecule is Cn1c(O)c(C2=Nc3ccccc3S[C@@H](c3cccs3)C2)c(=O)n(C)c1=O. The molecule has 0 bridgehead atoms. The van der Waals surface area contributed by atoms with Crippen LogP contribution in [0.3, 0.4) is 0 Å². The van der Waals surface area contributed by atoms with Gasteiger partial charge < -0.3 is 5.11 Å². The Bertz CT molecular complexity index is 1160. The highest BCUT2D eigenvalue weighted by molar-refractivity contribution is 7.99. The van der Waals surface area contributed by atoms with Crippen molar-refractivity contribution in [2.75, 3.05) is 0 Å². The van der Waals surface area contributed by atoms with Gasteiger partial charge in [0, 0.05) is 35.5 Å². The minimum Gasteiger partial charge on any atom is -0.494 e. The van der Waals surface area contributed by atoms with Crippen LogP contribution in [0.5, 0.6) is 5.88 Å². The molecule has 1 N–H and O–H groups in total. The second-order valence-corrected chi connectivity index (χ2v) is 8.48. The highest BCUT2D eigenvalue weighted by Crippen LogP contribution is 2.46. The van der Waals surface area contributed by atoms with Crippen LogP contribution in [-0.4, -0.2) is 20.0 Å². The van der Waals surface area contributed by atoms with E-state index in [1.807, 2.05) is 35.7 Å². The number of nitrogens with zero attached hydrogens (tertiary/aromatic N) is 3. The molecule has 1 aromatic carbocycles. The number of aliphatic imine (C=N–C) groups is 1. The third kappa shape index (κ3) is 3.04. The maximum atomic E-state index is 12.8. The maximum absolute atomic E-state index is 12.8. The summed E-state index contributed by atoms with van der Waals surface area (Å²) in [4.78, 5) is 31.8. The molecule has 1 aliphatic rings. The largest absolute Gasteiger partial charge is 0.494 e. The quantitative estimate of drug-likeness (QED) is 0.718. The first-order chi connectivity index (χ1) is 13.0. The summed E-state index contributed by atoms with van der Waals surface area (Å²) >= 11 is 3.34. The first-order valence-corrected chi connectivity index (χ1v) is 10.1. The average molecular weight is 399 g/mol. The third-order valence-electron chi connectivity index (χ3n) is 4.55. The number of aromatic nitrogens is 2. The molecule has 1 aliphatic heterocycles. The third-order valence-corrected chi connectivity index (χ3v) is 6.99. The highest BCUT2D eigenvalue weighted by Gasteiger charge is 2.27. The molecule has 0 saturated carbocycles. The normalized spacial score (nSPS) is 16.5. The van der Waals surface area contributed by atoms with Gasteiger partial charge in [0.2, 0.25) is 5.88 Å². The maximum Gasteiger partial charge on any atom is 0.333 e. The molecule has 2 aromatic heterocycles. The second kappa shape index (κ2) is 6.86. The number of aromatic hydroxyl groups is 1. The fourth-order valence-corrected chi connectivity index (χ4v) is 5.24. The van der Waals surface area contributed by atoms with Gasteiger partial charge in [-0.2, -0.15) is 0 Å². The summed E-state index contributed by atoms with van der Waals surface area (Å²) < 4.78 is 2.07. The minimum absolute atomic E-state index is 0.0636. The Morgan fingerprint density at radius 3 is 2.63 bits per heavy atom. The molecule has 27 heavy (non-hydrogen) atoms. The first-order valence-electron chi connectivity index (χ1n) is 8.33. The molecule has 8 heteroatoms. The van der Waals surface area contributed by atoms with Gasteiger partial charge in [0.1, 0.15) is 5.56 Å². The van der Waals surface area contributed by atoms with Gasteiger partial charge in [-0.15, -0.1) is 23.1 Å². The van der Waals surface area contributed by atoms with Crippen molar-refractivity contribution in [2.24, 2.45) is 19.1 Å².